The maximum atomic E-state index is 12.3. The number of aromatic nitrogens is 1. The van der Waals surface area contributed by atoms with Crippen LogP contribution >= 0.6 is 0 Å². The quantitative estimate of drug-likeness (QED) is 0.570. The van der Waals surface area contributed by atoms with E-state index in [4.69, 9.17) is 0 Å². The molecule has 0 aliphatic carbocycles. The van der Waals surface area contributed by atoms with Crippen LogP contribution in [-0.2, 0) is 0 Å². The van der Waals surface area contributed by atoms with E-state index >= 15 is 0 Å². The molecule has 1 aromatic heterocycles. The van der Waals surface area contributed by atoms with Gasteiger partial charge in [-0.15, -0.1) is 0 Å². The highest BCUT2D eigenvalue weighted by atomic mass is 16.6. The van der Waals surface area contributed by atoms with Crippen molar-refractivity contribution in [3.8, 4) is 0 Å². The number of rotatable bonds is 3. The third kappa shape index (κ3) is 2.46. The number of aromatic amines is 1. The lowest BCUT2D eigenvalue weighted by molar-refractivity contribution is -0.384. The third-order valence-electron chi connectivity index (χ3n) is 3.18. The van der Waals surface area contributed by atoms with Gasteiger partial charge in [0.25, 0.3) is 11.6 Å². The van der Waals surface area contributed by atoms with Crippen molar-refractivity contribution in [3.63, 3.8) is 0 Å². The highest BCUT2D eigenvalue weighted by Crippen LogP contribution is 2.20. The number of hydrogen-bond donors (Lipinski definition) is 2. The third-order valence-corrected chi connectivity index (χ3v) is 3.18. The summed E-state index contributed by atoms with van der Waals surface area (Å²) in [5, 5.41) is 14.1. The maximum Gasteiger partial charge on any atom is 0.269 e. The zero-order valence-corrected chi connectivity index (χ0v) is 10.9. The number of nitro groups is 1. The number of carbonyl (C=O) groups is 1. The van der Waals surface area contributed by atoms with E-state index in [1.807, 2.05) is 12.1 Å². The molecule has 0 unspecified atom stereocenters. The Morgan fingerprint density at radius 2 is 1.86 bits per heavy atom. The number of nitro benzene ring substituents is 1. The lowest BCUT2D eigenvalue weighted by Crippen LogP contribution is -2.12. The van der Waals surface area contributed by atoms with Gasteiger partial charge in [0.1, 0.15) is 0 Å². The van der Waals surface area contributed by atoms with Gasteiger partial charge in [-0.3, -0.25) is 14.9 Å². The van der Waals surface area contributed by atoms with Gasteiger partial charge in [0, 0.05) is 40.5 Å². The summed E-state index contributed by atoms with van der Waals surface area (Å²) >= 11 is 0. The zero-order chi connectivity index (χ0) is 14.8. The summed E-state index contributed by atoms with van der Waals surface area (Å²) in [4.78, 5) is 25.4. The number of benzene rings is 2. The predicted molar refractivity (Wildman–Crippen MR) is 79.3 cm³/mol. The number of hydrogen-bond acceptors (Lipinski definition) is 3. The first-order valence-corrected chi connectivity index (χ1v) is 6.27. The molecule has 1 heterocycles. The summed E-state index contributed by atoms with van der Waals surface area (Å²) in [7, 11) is 0. The summed E-state index contributed by atoms with van der Waals surface area (Å²) in [6.45, 7) is 0. The molecule has 3 aromatic rings. The molecule has 2 N–H and O–H groups in total. The van der Waals surface area contributed by atoms with Gasteiger partial charge in [0.05, 0.1) is 4.92 Å². The lowest BCUT2D eigenvalue weighted by Gasteiger charge is -2.06. The zero-order valence-electron chi connectivity index (χ0n) is 10.9. The fraction of sp³-hybridized carbons (Fsp3) is 0. The molecular weight excluding hydrogens is 270 g/mol. The van der Waals surface area contributed by atoms with Gasteiger partial charge < -0.3 is 10.3 Å². The number of anilines is 1. The lowest BCUT2D eigenvalue weighted by atomic mass is 10.1. The number of H-pyrrole nitrogens is 1. The van der Waals surface area contributed by atoms with Gasteiger partial charge in [-0.2, -0.15) is 0 Å². The van der Waals surface area contributed by atoms with Crippen LogP contribution < -0.4 is 5.32 Å². The summed E-state index contributed by atoms with van der Waals surface area (Å²) in [5.41, 5.74) is 1.93. The fourth-order valence-corrected chi connectivity index (χ4v) is 2.15. The second kappa shape index (κ2) is 5.09. The molecule has 0 aliphatic rings. The van der Waals surface area contributed by atoms with Gasteiger partial charge in [-0.25, -0.2) is 0 Å². The van der Waals surface area contributed by atoms with Crippen molar-refractivity contribution >= 4 is 28.2 Å². The normalized spacial score (nSPS) is 10.5. The van der Waals surface area contributed by atoms with E-state index in [0.29, 0.717) is 11.3 Å². The van der Waals surface area contributed by atoms with Crippen LogP contribution in [0.25, 0.3) is 10.9 Å². The predicted octanol–water partition coefficient (Wildman–Crippen LogP) is 3.33. The second-order valence-electron chi connectivity index (χ2n) is 4.50. The van der Waals surface area contributed by atoms with Gasteiger partial charge in [0.2, 0.25) is 0 Å². The van der Waals surface area contributed by atoms with Crippen LogP contribution in [-0.4, -0.2) is 15.8 Å². The van der Waals surface area contributed by atoms with E-state index in [0.717, 1.165) is 10.9 Å². The Balaban J connectivity index is 1.86. The van der Waals surface area contributed by atoms with Crippen molar-refractivity contribution in [2.24, 2.45) is 0 Å². The van der Waals surface area contributed by atoms with Crippen molar-refractivity contribution in [3.05, 3.63) is 70.4 Å². The number of carbonyl (C=O) groups excluding carboxylic acids is 1. The van der Waals surface area contributed by atoms with Crippen molar-refractivity contribution in [2.75, 3.05) is 5.32 Å². The highest BCUT2D eigenvalue weighted by molar-refractivity contribution is 6.12. The molecule has 0 saturated carbocycles. The van der Waals surface area contributed by atoms with E-state index < -0.39 is 4.92 Å². The maximum absolute atomic E-state index is 12.3. The largest absolute Gasteiger partial charge is 0.361 e. The molecule has 0 atom stereocenters. The van der Waals surface area contributed by atoms with Gasteiger partial charge in [-0.1, -0.05) is 6.07 Å². The topological polar surface area (TPSA) is 88.0 Å². The first-order valence-electron chi connectivity index (χ1n) is 6.27. The minimum atomic E-state index is -0.480. The molecular formula is C15H11N3O3. The van der Waals surface area contributed by atoms with Crippen LogP contribution in [0.4, 0.5) is 11.4 Å². The van der Waals surface area contributed by atoms with Crippen LogP contribution in [0.2, 0.25) is 0 Å². The van der Waals surface area contributed by atoms with E-state index in [2.05, 4.69) is 10.3 Å². The number of nitrogens with one attached hydrogen (secondary N) is 2. The molecule has 0 bridgehead atoms. The number of fused-ring (bicyclic) bond motifs is 1. The Kier molecular flexibility index (Phi) is 3.12. The molecule has 0 radical (unpaired) electrons. The van der Waals surface area contributed by atoms with Crippen molar-refractivity contribution in [2.45, 2.75) is 0 Å². The minimum absolute atomic E-state index is 0.0132. The molecule has 6 heteroatoms. The van der Waals surface area contributed by atoms with Gasteiger partial charge >= 0.3 is 0 Å². The van der Waals surface area contributed by atoms with Crippen LogP contribution in [0.1, 0.15) is 10.4 Å². The molecule has 2 aromatic carbocycles. The Bertz CT molecular complexity index is 822. The molecule has 0 fully saturated rings. The van der Waals surface area contributed by atoms with Gasteiger partial charge in [-0.05, 0) is 30.3 Å². The van der Waals surface area contributed by atoms with Crippen molar-refractivity contribution < 1.29 is 9.72 Å². The van der Waals surface area contributed by atoms with Crippen LogP contribution in [0.3, 0.4) is 0 Å². The Morgan fingerprint density at radius 1 is 1.10 bits per heavy atom. The fourth-order valence-electron chi connectivity index (χ4n) is 2.15. The molecule has 0 saturated heterocycles. The second-order valence-corrected chi connectivity index (χ2v) is 4.50. The molecule has 0 spiro atoms. The standard InChI is InChI=1S/C15H11N3O3/c19-15(13-2-1-3-14-12(13)8-9-16-14)17-10-4-6-11(7-5-10)18(20)21/h1-9,16H,(H,17,19). The van der Waals surface area contributed by atoms with E-state index in [9.17, 15) is 14.9 Å². The SMILES string of the molecule is O=C(Nc1ccc([N+](=O)[O-])cc1)c1cccc2[nH]ccc12. The number of non-ortho nitro benzene ring substituents is 1. The Labute approximate surface area is 119 Å². The van der Waals surface area contributed by atoms with E-state index in [1.165, 1.54) is 24.3 Å². The highest BCUT2D eigenvalue weighted by Gasteiger charge is 2.11. The molecule has 21 heavy (non-hydrogen) atoms. The van der Waals surface area contributed by atoms with Crippen molar-refractivity contribution in [1.82, 2.24) is 4.98 Å². The average Bonchev–Trinajstić information content (AvgIpc) is 2.96. The van der Waals surface area contributed by atoms with Crippen LogP contribution in [0.5, 0.6) is 0 Å². The minimum Gasteiger partial charge on any atom is -0.361 e. The molecule has 104 valence electrons. The first kappa shape index (κ1) is 12.9. The number of amides is 1. The smallest absolute Gasteiger partial charge is 0.269 e. The van der Waals surface area contributed by atoms with E-state index in [-0.39, 0.29) is 11.6 Å². The summed E-state index contributed by atoms with van der Waals surface area (Å²) in [6.07, 6.45) is 1.77. The summed E-state index contributed by atoms with van der Waals surface area (Å²) < 4.78 is 0. The van der Waals surface area contributed by atoms with Crippen LogP contribution in [0, 0.1) is 10.1 Å². The molecule has 0 aliphatic heterocycles. The molecule has 3 rings (SSSR count). The first-order chi connectivity index (χ1) is 10.1. The molecule has 6 nitrogen and oxygen atoms in total. The van der Waals surface area contributed by atoms with E-state index in [1.54, 1.807) is 18.3 Å². The average molecular weight is 281 g/mol. The molecule has 1 amide bonds. The number of nitrogens with zero attached hydrogens (tertiary/aromatic N) is 1. The Hall–Kier alpha value is -3.15. The van der Waals surface area contributed by atoms with Crippen molar-refractivity contribution in [1.29, 1.82) is 0 Å². The summed E-state index contributed by atoms with van der Waals surface area (Å²) in [6, 6.07) is 13.0. The monoisotopic (exact) mass is 281 g/mol. The van der Waals surface area contributed by atoms with Crippen LogP contribution in [0.15, 0.2) is 54.7 Å². The summed E-state index contributed by atoms with van der Waals surface area (Å²) in [5.74, 6) is -0.256. The Morgan fingerprint density at radius 3 is 2.57 bits per heavy atom. The van der Waals surface area contributed by atoms with Gasteiger partial charge in [0.15, 0.2) is 0 Å².